The summed E-state index contributed by atoms with van der Waals surface area (Å²) >= 11 is 0. The summed E-state index contributed by atoms with van der Waals surface area (Å²) < 4.78 is 5.62. The first kappa shape index (κ1) is 11.4. The fourth-order valence-corrected chi connectivity index (χ4v) is 2.41. The highest BCUT2D eigenvalue weighted by molar-refractivity contribution is 5.79. The summed E-state index contributed by atoms with van der Waals surface area (Å²) in [5, 5.41) is 8.76. The molecular weight excluding hydrogens is 204 g/mol. The van der Waals surface area contributed by atoms with E-state index in [1.165, 1.54) is 6.42 Å². The molecule has 2 atom stereocenters. The monoisotopic (exact) mass is 222 g/mol. The summed E-state index contributed by atoms with van der Waals surface area (Å²) in [6.07, 6.45) is 5.16. The van der Waals surface area contributed by atoms with Gasteiger partial charge in [0.05, 0.1) is 18.1 Å². The van der Waals surface area contributed by atoms with E-state index < -0.39 is 0 Å². The topological polar surface area (TPSA) is 53.3 Å². The number of nitriles is 1. The molecule has 4 heteroatoms. The average Bonchev–Trinajstić information content (AvgIpc) is 2.69. The minimum Gasteiger partial charge on any atom is -0.378 e. The van der Waals surface area contributed by atoms with E-state index >= 15 is 0 Å². The van der Waals surface area contributed by atoms with Gasteiger partial charge in [-0.3, -0.25) is 4.79 Å². The van der Waals surface area contributed by atoms with Gasteiger partial charge >= 0.3 is 0 Å². The van der Waals surface area contributed by atoms with Gasteiger partial charge in [0.15, 0.2) is 0 Å². The lowest BCUT2D eigenvalue weighted by Crippen LogP contribution is -2.30. The van der Waals surface area contributed by atoms with Crippen LogP contribution in [0.25, 0.3) is 0 Å². The maximum absolute atomic E-state index is 11.6. The molecule has 0 aromatic heterocycles. The largest absolute Gasteiger partial charge is 0.378 e. The van der Waals surface area contributed by atoms with Crippen molar-refractivity contribution >= 4 is 5.91 Å². The van der Waals surface area contributed by atoms with Gasteiger partial charge in [-0.25, -0.2) is 0 Å². The van der Waals surface area contributed by atoms with Gasteiger partial charge in [0.1, 0.15) is 0 Å². The summed E-state index contributed by atoms with van der Waals surface area (Å²) in [6.45, 7) is 2.23. The lowest BCUT2D eigenvalue weighted by molar-refractivity contribution is -0.128. The Morgan fingerprint density at radius 2 is 2.38 bits per heavy atom. The third-order valence-corrected chi connectivity index (χ3v) is 3.39. The van der Waals surface area contributed by atoms with Gasteiger partial charge in [0, 0.05) is 26.1 Å². The molecule has 0 aromatic rings. The highest BCUT2D eigenvalue weighted by Gasteiger charge is 2.29. The van der Waals surface area contributed by atoms with E-state index in [2.05, 4.69) is 6.07 Å². The molecule has 0 saturated carbocycles. The molecule has 16 heavy (non-hydrogen) atoms. The number of carbonyl (C=O) groups excluding carboxylic acids is 1. The Morgan fingerprint density at radius 3 is 3.00 bits per heavy atom. The van der Waals surface area contributed by atoms with E-state index in [1.54, 1.807) is 0 Å². The van der Waals surface area contributed by atoms with E-state index in [-0.39, 0.29) is 11.8 Å². The highest BCUT2D eigenvalue weighted by atomic mass is 16.5. The van der Waals surface area contributed by atoms with Gasteiger partial charge < -0.3 is 9.64 Å². The van der Waals surface area contributed by atoms with Crippen molar-refractivity contribution in [1.29, 1.82) is 5.26 Å². The molecule has 2 aliphatic heterocycles. The van der Waals surface area contributed by atoms with Gasteiger partial charge in [-0.15, -0.1) is 0 Å². The summed E-state index contributed by atoms with van der Waals surface area (Å²) in [5.41, 5.74) is 0. The van der Waals surface area contributed by atoms with E-state index in [4.69, 9.17) is 10.00 Å². The fraction of sp³-hybridized carbons (Fsp3) is 0.833. The first-order valence-corrected chi connectivity index (χ1v) is 6.08. The fourth-order valence-electron chi connectivity index (χ4n) is 2.41. The Kier molecular flexibility index (Phi) is 3.79. The standard InChI is InChI=1S/C12H18N2O2/c13-8-10-7-12(15)14(9-10)5-4-11-3-1-2-6-16-11/h10-11H,1-7,9H2. The zero-order valence-corrected chi connectivity index (χ0v) is 9.52. The Bertz CT molecular complexity index is 292. The molecule has 2 rings (SSSR count). The van der Waals surface area contributed by atoms with Gasteiger partial charge in [-0.2, -0.15) is 5.26 Å². The summed E-state index contributed by atoms with van der Waals surface area (Å²) in [7, 11) is 0. The zero-order chi connectivity index (χ0) is 11.4. The number of ether oxygens (including phenoxy) is 1. The summed E-state index contributed by atoms with van der Waals surface area (Å²) in [4.78, 5) is 13.4. The molecule has 2 fully saturated rings. The molecule has 0 N–H and O–H groups in total. The second kappa shape index (κ2) is 5.31. The molecule has 2 aliphatic rings. The molecule has 4 nitrogen and oxygen atoms in total. The minimum absolute atomic E-state index is 0.0974. The van der Waals surface area contributed by atoms with Gasteiger partial charge in [-0.05, 0) is 25.7 Å². The van der Waals surface area contributed by atoms with Crippen molar-refractivity contribution in [3.63, 3.8) is 0 Å². The Balaban J connectivity index is 1.73. The number of amides is 1. The maximum Gasteiger partial charge on any atom is 0.224 e. The second-order valence-electron chi connectivity index (χ2n) is 4.65. The number of hydrogen-bond donors (Lipinski definition) is 0. The van der Waals surface area contributed by atoms with Gasteiger partial charge in [-0.1, -0.05) is 0 Å². The lowest BCUT2D eigenvalue weighted by atomic mass is 10.1. The number of nitrogens with zero attached hydrogens (tertiary/aromatic N) is 2. The molecule has 2 saturated heterocycles. The number of carbonyl (C=O) groups is 1. The molecule has 0 bridgehead atoms. The van der Waals surface area contributed by atoms with Crippen LogP contribution in [0.5, 0.6) is 0 Å². The Labute approximate surface area is 96.2 Å². The van der Waals surface area contributed by atoms with E-state index in [0.717, 1.165) is 32.4 Å². The average molecular weight is 222 g/mol. The van der Waals surface area contributed by atoms with Crippen molar-refractivity contribution in [1.82, 2.24) is 4.90 Å². The van der Waals surface area contributed by atoms with Crippen LogP contribution in [0.1, 0.15) is 32.1 Å². The molecule has 1 amide bonds. The normalized spacial score (nSPS) is 30.4. The highest BCUT2D eigenvalue weighted by Crippen LogP contribution is 2.20. The van der Waals surface area contributed by atoms with E-state index in [0.29, 0.717) is 19.1 Å². The quantitative estimate of drug-likeness (QED) is 0.723. The third-order valence-electron chi connectivity index (χ3n) is 3.39. The van der Waals surface area contributed by atoms with Crippen LogP contribution < -0.4 is 0 Å². The van der Waals surface area contributed by atoms with Crippen molar-refractivity contribution in [3.05, 3.63) is 0 Å². The lowest BCUT2D eigenvalue weighted by Gasteiger charge is -2.25. The van der Waals surface area contributed by atoms with Crippen LogP contribution >= 0.6 is 0 Å². The van der Waals surface area contributed by atoms with Crippen molar-refractivity contribution in [2.45, 2.75) is 38.2 Å². The molecule has 2 unspecified atom stereocenters. The van der Waals surface area contributed by atoms with Crippen LogP contribution in [-0.4, -0.2) is 36.6 Å². The van der Waals surface area contributed by atoms with Crippen LogP contribution in [0, 0.1) is 17.2 Å². The predicted molar refractivity (Wildman–Crippen MR) is 58.5 cm³/mol. The molecule has 2 heterocycles. The second-order valence-corrected chi connectivity index (χ2v) is 4.65. The zero-order valence-electron chi connectivity index (χ0n) is 9.52. The van der Waals surface area contributed by atoms with Crippen molar-refractivity contribution in [3.8, 4) is 6.07 Å². The summed E-state index contributed by atoms with van der Waals surface area (Å²) in [5.74, 6) is 0.0298. The van der Waals surface area contributed by atoms with Gasteiger partial charge in [0.25, 0.3) is 0 Å². The van der Waals surface area contributed by atoms with Crippen molar-refractivity contribution < 1.29 is 9.53 Å². The Morgan fingerprint density at radius 1 is 1.50 bits per heavy atom. The first-order valence-electron chi connectivity index (χ1n) is 6.08. The number of hydrogen-bond acceptors (Lipinski definition) is 3. The molecule has 0 spiro atoms. The molecule has 88 valence electrons. The molecule has 0 aliphatic carbocycles. The number of rotatable bonds is 3. The third kappa shape index (κ3) is 2.73. The minimum atomic E-state index is -0.0974. The first-order chi connectivity index (χ1) is 7.79. The van der Waals surface area contributed by atoms with Crippen LogP contribution in [0.2, 0.25) is 0 Å². The van der Waals surface area contributed by atoms with E-state index in [1.807, 2.05) is 4.90 Å². The molecular formula is C12H18N2O2. The maximum atomic E-state index is 11.6. The van der Waals surface area contributed by atoms with E-state index in [9.17, 15) is 4.79 Å². The SMILES string of the molecule is N#CC1CC(=O)N(CCC2CCCCO2)C1. The Hall–Kier alpha value is -1.08. The van der Waals surface area contributed by atoms with Crippen LogP contribution in [0.4, 0.5) is 0 Å². The summed E-state index contributed by atoms with van der Waals surface area (Å²) in [6, 6.07) is 2.17. The molecule has 0 radical (unpaired) electrons. The smallest absolute Gasteiger partial charge is 0.224 e. The van der Waals surface area contributed by atoms with Crippen molar-refractivity contribution in [2.24, 2.45) is 5.92 Å². The predicted octanol–water partition coefficient (Wildman–Crippen LogP) is 1.32. The number of likely N-dealkylation sites (tertiary alicyclic amines) is 1. The molecule has 0 aromatic carbocycles. The van der Waals surface area contributed by atoms with Crippen LogP contribution in [0.15, 0.2) is 0 Å². The van der Waals surface area contributed by atoms with Crippen LogP contribution in [-0.2, 0) is 9.53 Å². The van der Waals surface area contributed by atoms with Crippen LogP contribution in [0.3, 0.4) is 0 Å². The van der Waals surface area contributed by atoms with Gasteiger partial charge in [0.2, 0.25) is 5.91 Å². The van der Waals surface area contributed by atoms with Crippen molar-refractivity contribution in [2.75, 3.05) is 19.7 Å².